The minimum absolute atomic E-state index is 0.0565. The van der Waals surface area contributed by atoms with E-state index >= 15 is 0 Å². The number of benzene rings is 3. The first kappa shape index (κ1) is 33.9. The summed E-state index contributed by atoms with van der Waals surface area (Å²) in [5, 5.41) is 0.198. The molecule has 1 saturated heterocycles. The number of halogens is 5. The Labute approximate surface area is 270 Å². The van der Waals surface area contributed by atoms with Crippen LogP contribution in [-0.4, -0.2) is 58.8 Å². The number of hydrogen-bond acceptors (Lipinski definition) is 5. The summed E-state index contributed by atoms with van der Waals surface area (Å²) in [5.41, 5.74) is 0.961. The average molecular weight is 699 g/mol. The molecule has 2 heterocycles. The first-order valence-electron chi connectivity index (χ1n) is 14.5. The number of sulfonamides is 1. The van der Waals surface area contributed by atoms with Crippen molar-refractivity contribution in [2.24, 2.45) is 5.92 Å². The maximum Gasteiger partial charge on any atom is 0.416 e. The van der Waals surface area contributed by atoms with Crippen LogP contribution in [0.3, 0.4) is 0 Å². The second-order valence-electron chi connectivity index (χ2n) is 11.5. The zero-order chi connectivity index (χ0) is 33.4. The Morgan fingerprint density at radius 3 is 2.41 bits per heavy atom. The van der Waals surface area contributed by atoms with Crippen LogP contribution >= 0.6 is 11.6 Å². The Balaban J connectivity index is 1.48. The van der Waals surface area contributed by atoms with Gasteiger partial charge in [0.15, 0.2) is 9.84 Å². The van der Waals surface area contributed by atoms with Crippen molar-refractivity contribution in [3.05, 3.63) is 93.8 Å². The van der Waals surface area contributed by atoms with E-state index in [4.69, 9.17) is 11.6 Å². The van der Waals surface area contributed by atoms with Gasteiger partial charge in [-0.15, -0.1) is 0 Å². The number of amides is 1. The van der Waals surface area contributed by atoms with Crippen molar-refractivity contribution in [3.63, 3.8) is 0 Å². The van der Waals surface area contributed by atoms with Gasteiger partial charge in [-0.05, 0) is 78.8 Å². The topological polar surface area (TPSA) is 91.8 Å². The fraction of sp³-hybridized carbons (Fsp3) is 0.344. The van der Waals surface area contributed by atoms with Crippen molar-refractivity contribution in [2.75, 3.05) is 35.4 Å². The monoisotopic (exact) mass is 698 g/mol. The molecular weight excluding hydrogens is 668 g/mol. The van der Waals surface area contributed by atoms with Gasteiger partial charge in [-0.2, -0.15) is 13.2 Å². The smallest absolute Gasteiger partial charge is 0.341 e. The highest BCUT2D eigenvalue weighted by atomic mass is 35.5. The third kappa shape index (κ3) is 7.42. The standard InChI is InChI=1S/C32H31ClF4N2O5S2/c1-21(31-27(33)6-3-7-28(31)34)16-22-8-10-24-17-23(9-11-30(40)38-12-14-45(41,42)15-13-38)20-39(29(24)18-22)46(43,44)26-5-2-4-25(19-26)32(35,36)37/h2-8,10,16,18-19,23H,9,11-15,17,20H2,1H3/b21-16+/t23-/m1/s1. The number of rotatable bonds is 7. The summed E-state index contributed by atoms with van der Waals surface area (Å²) in [6, 6.07) is 12.9. The number of hydrogen-bond donors (Lipinski definition) is 0. The highest BCUT2D eigenvalue weighted by molar-refractivity contribution is 7.93. The Hall–Kier alpha value is -3.42. The normalized spacial score (nSPS) is 18.7. The van der Waals surface area contributed by atoms with Gasteiger partial charge in [0.05, 0.1) is 32.7 Å². The molecule has 0 unspecified atom stereocenters. The SMILES string of the molecule is C/C(=C\c1ccc2c(c1)N(S(=O)(=O)c1cccc(C(F)(F)F)c1)C[C@H](CCC(=O)N1CCS(=O)(=O)CC1)C2)c1c(F)cccc1Cl. The van der Waals surface area contributed by atoms with Gasteiger partial charge in [-0.3, -0.25) is 9.10 Å². The lowest BCUT2D eigenvalue weighted by Crippen LogP contribution is -2.44. The molecule has 1 fully saturated rings. The van der Waals surface area contributed by atoms with Gasteiger partial charge in [0.25, 0.3) is 10.0 Å². The highest BCUT2D eigenvalue weighted by Gasteiger charge is 2.37. The molecule has 14 heteroatoms. The molecule has 0 bridgehead atoms. The molecule has 0 aromatic heterocycles. The molecule has 246 valence electrons. The summed E-state index contributed by atoms with van der Waals surface area (Å²) < 4.78 is 108. The van der Waals surface area contributed by atoms with Crippen LogP contribution in [0.25, 0.3) is 11.6 Å². The molecule has 0 radical (unpaired) electrons. The first-order valence-corrected chi connectivity index (χ1v) is 18.1. The molecule has 7 nitrogen and oxygen atoms in total. The van der Waals surface area contributed by atoms with E-state index in [2.05, 4.69) is 0 Å². The van der Waals surface area contributed by atoms with Gasteiger partial charge < -0.3 is 4.90 Å². The molecule has 0 saturated carbocycles. The van der Waals surface area contributed by atoms with Crippen LogP contribution in [0.2, 0.25) is 5.02 Å². The van der Waals surface area contributed by atoms with Gasteiger partial charge >= 0.3 is 6.18 Å². The second kappa shape index (κ2) is 13.0. The van der Waals surface area contributed by atoms with Crippen LogP contribution in [0.15, 0.2) is 65.6 Å². The van der Waals surface area contributed by atoms with Crippen LogP contribution < -0.4 is 4.31 Å². The highest BCUT2D eigenvalue weighted by Crippen LogP contribution is 2.39. The lowest BCUT2D eigenvalue weighted by molar-refractivity contribution is -0.137. The lowest BCUT2D eigenvalue weighted by atomic mass is 9.89. The number of nitrogens with zero attached hydrogens (tertiary/aromatic N) is 2. The minimum atomic E-state index is -4.76. The fourth-order valence-corrected chi connectivity index (χ4v) is 8.94. The molecule has 0 N–H and O–H groups in total. The van der Waals surface area contributed by atoms with Crippen LogP contribution in [0.4, 0.5) is 23.2 Å². The third-order valence-electron chi connectivity index (χ3n) is 8.26. The van der Waals surface area contributed by atoms with E-state index < -0.39 is 42.3 Å². The summed E-state index contributed by atoms with van der Waals surface area (Å²) in [5.74, 6) is -1.35. The van der Waals surface area contributed by atoms with Crippen LogP contribution in [0, 0.1) is 11.7 Å². The van der Waals surface area contributed by atoms with E-state index in [9.17, 15) is 39.2 Å². The number of carbonyl (C=O) groups excluding carboxylic acids is 1. The van der Waals surface area contributed by atoms with Crippen molar-refractivity contribution in [1.82, 2.24) is 4.90 Å². The summed E-state index contributed by atoms with van der Waals surface area (Å²) in [6.45, 7) is 1.75. The average Bonchev–Trinajstić information content (AvgIpc) is 2.99. The van der Waals surface area contributed by atoms with Gasteiger partial charge in [-0.25, -0.2) is 21.2 Å². The van der Waals surface area contributed by atoms with Gasteiger partial charge in [0.2, 0.25) is 5.91 Å². The number of sulfone groups is 1. The molecule has 5 rings (SSSR count). The van der Waals surface area contributed by atoms with E-state index in [-0.39, 0.29) is 72.1 Å². The first-order chi connectivity index (χ1) is 21.5. The van der Waals surface area contributed by atoms with Gasteiger partial charge in [-0.1, -0.05) is 41.9 Å². The Kier molecular flexibility index (Phi) is 9.59. The quantitative estimate of drug-likeness (QED) is 0.209. The molecule has 46 heavy (non-hydrogen) atoms. The van der Waals surface area contributed by atoms with Gasteiger partial charge in [0, 0.05) is 31.6 Å². The maximum atomic E-state index is 14.6. The van der Waals surface area contributed by atoms with E-state index in [1.54, 1.807) is 37.3 Å². The largest absolute Gasteiger partial charge is 0.416 e. The second-order valence-corrected chi connectivity index (χ2v) is 16.1. The third-order valence-corrected chi connectivity index (χ3v) is 12.0. The Bertz CT molecular complexity index is 1880. The summed E-state index contributed by atoms with van der Waals surface area (Å²) >= 11 is 6.23. The van der Waals surface area contributed by atoms with Crippen molar-refractivity contribution >= 4 is 54.7 Å². The zero-order valence-corrected chi connectivity index (χ0v) is 27.1. The molecule has 1 amide bonds. The molecular formula is C32H31ClF4N2O5S2. The number of anilines is 1. The van der Waals surface area contributed by atoms with Crippen LogP contribution in [0.1, 0.15) is 42.0 Å². The van der Waals surface area contributed by atoms with Gasteiger partial charge in [0.1, 0.15) is 5.82 Å². The number of alkyl halides is 3. The predicted octanol–water partition coefficient (Wildman–Crippen LogP) is 6.46. The van der Waals surface area contributed by atoms with E-state index in [0.717, 1.165) is 22.5 Å². The van der Waals surface area contributed by atoms with E-state index in [1.165, 1.54) is 17.0 Å². The number of allylic oxidation sites excluding steroid dienone is 1. The summed E-state index contributed by atoms with van der Waals surface area (Å²) in [7, 11) is -7.68. The van der Waals surface area contributed by atoms with Crippen LogP contribution in [0.5, 0.6) is 0 Å². The predicted molar refractivity (Wildman–Crippen MR) is 169 cm³/mol. The Morgan fingerprint density at radius 1 is 1.04 bits per heavy atom. The molecule has 0 spiro atoms. The molecule has 3 aromatic carbocycles. The zero-order valence-electron chi connectivity index (χ0n) is 24.7. The number of fused-ring (bicyclic) bond motifs is 1. The van der Waals surface area contributed by atoms with Crippen molar-refractivity contribution in [2.45, 2.75) is 37.3 Å². The lowest BCUT2D eigenvalue weighted by Gasteiger charge is -2.36. The molecule has 1 atom stereocenters. The molecule has 0 aliphatic carbocycles. The fourth-order valence-electron chi connectivity index (χ4n) is 5.81. The molecule has 3 aromatic rings. The molecule has 2 aliphatic heterocycles. The Morgan fingerprint density at radius 2 is 1.74 bits per heavy atom. The van der Waals surface area contributed by atoms with E-state index in [1.807, 2.05) is 0 Å². The van der Waals surface area contributed by atoms with Crippen LogP contribution in [-0.2, 0) is 37.3 Å². The minimum Gasteiger partial charge on any atom is -0.341 e. The number of carbonyl (C=O) groups is 1. The van der Waals surface area contributed by atoms with E-state index in [0.29, 0.717) is 29.2 Å². The summed E-state index contributed by atoms with van der Waals surface area (Å²) in [6.07, 6.45) is -2.38. The van der Waals surface area contributed by atoms with Crippen molar-refractivity contribution < 1.29 is 39.2 Å². The van der Waals surface area contributed by atoms with Crippen molar-refractivity contribution in [1.29, 1.82) is 0 Å². The van der Waals surface area contributed by atoms with Crippen molar-refractivity contribution in [3.8, 4) is 0 Å². The maximum absolute atomic E-state index is 14.6. The molecule has 2 aliphatic rings. The summed E-state index contributed by atoms with van der Waals surface area (Å²) in [4.78, 5) is 13.8.